The van der Waals surface area contributed by atoms with E-state index in [-0.39, 0.29) is 11.8 Å². The number of aliphatic hydroxyl groups is 2. The number of carbonyl (C=O) groups is 1. The number of rotatable bonds is 5. The number of halogens is 1. The standard InChI is InChI=1S/C22H25ClN8O3/c23-14-2-1-3-15(9-14)26-17-10-18(29-20(32)12-4-6-24-7-5-12)31-19(28-17)13(11-25-31)8-16-21(33)30-22(34)27-16/h1-3,8-12,21-22,24,27,30,33-34H,4-7H2,(H,26,28)(H,29,32)/b16-8-. The molecule has 12 heteroatoms. The molecule has 4 heterocycles. The van der Waals surface area contributed by atoms with E-state index in [1.54, 1.807) is 35.0 Å². The van der Waals surface area contributed by atoms with Gasteiger partial charge >= 0.3 is 0 Å². The largest absolute Gasteiger partial charge is 0.373 e. The molecule has 0 aliphatic carbocycles. The van der Waals surface area contributed by atoms with Crippen molar-refractivity contribution in [2.75, 3.05) is 23.7 Å². The molecule has 1 aromatic carbocycles. The number of nitrogens with one attached hydrogen (secondary N) is 5. The Bertz CT molecular complexity index is 1240. The Morgan fingerprint density at radius 2 is 2.06 bits per heavy atom. The number of amides is 1. The third kappa shape index (κ3) is 4.83. The van der Waals surface area contributed by atoms with Gasteiger partial charge in [0, 0.05) is 28.3 Å². The summed E-state index contributed by atoms with van der Waals surface area (Å²) < 4.78 is 1.54. The van der Waals surface area contributed by atoms with Crippen molar-refractivity contribution in [3.05, 3.63) is 52.8 Å². The minimum absolute atomic E-state index is 0.0710. The van der Waals surface area contributed by atoms with Gasteiger partial charge in [-0.15, -0.1) is 0 Å². The summed E-state index contributed by atoms with van der Waals surface area (Å²) in [7, 11) is 0. The van der Waals surface area contributed by atoms with E-state index >= 15 is 0 Å². The molecule has 7 N–H and O–H groups in total. The van der Waals surface area contributed by atoms with Gasteiger partial charge in [0.25, 0.3) is 0 Å². The number of aromatic nitrogens is 3. The molecule has 34 heavy (non-hydrogen) atoms. The van der Waals surface area contributed by atoms with E-state index in [1.807, 2.05) is 12.1 Å². The van der Waals surface area contributed by atoms with Gasteiger partial charge in [-0.25, -0.2) is 10.3 Å². The summed E-state index contributed by atoms with van der Waals surface area (Å²) in [4.78, 5) is 17.6. The van der Waals surface area contributed by atoms with Gasteiger partial charge < -0.3 is 31.5 Å². The van der Waals surface area contributed by atoms with Crippen LogP contribution in [-0.2, 0) is 4.79 Å². The minimum Gasteiger partial charge on any atom is -0.373 e. The second kappa shape index (κ2) is 9.57. The lowest BCUT2D eigenvalue weighted by Gasteiger charge is -2.22. The van der Waals surface area contributed by atoms with E-state index in [2.05, 4.69) is 36.7 Å². The first-order valence-electron chi connectivity index (χ1n) is 11.0. The highest BCUT2D eigenvalue weighted by molar-refractivity contribution is 6.30. The fraction of sp³-hybridized carbons (Fsp3) is 0.318. The van der Waals surface area contributed by atoms with Crippen LogP contribution in [0.1, 0.15) is 18.4 Å². The van der Waals surface area contributed by atoms with Gasteiger partial charge in [-0.05, 0) is 50.2 Å². The highest BCUT2D eigenvalue weighted by Gasteiger charge is 2.25. The monoisotopic (exact) mass is 484 g/mol. The zero-order chi connectivity index (χ0) is 23.7. The highest BCUT2D eigenvalue weighted by Crippen LogP contribution is 2.26. The summed E-state index contributed by atoms with van der Waals surface area (Å²) in [5, 5.41) is 39.5. The molecule has 1 amide bonds. The van der Waals surface area contributed by atoms with Gasteiger partial charge in [0.15, 0.2) is 12.0 Å². The van der Waals surface area contributed by atoms with Crippen molar-refractivity contribution < 1.29 is 15.0 Å². The first kappa shape index (κ1) is 22.6. The van der Waals surface area contributed by atoms with Crippen molar-refractivity contribution in [2.45, 2.75) is 25.4 Å². The van der Waals surface area contributed by atoms with Gasteiger partial charge in [-0.3, -0.25) is 4.79 Å². The molecular weight excluding hydrogens is 460 g/mol. The third-order valence-corrected chi connectivity index (χ3v) is 6.02. The Labute approximate surface area is 200 Å². The number of carbonyl (C=O) groups excluding carboxylic acids is 1. The minimum atomic E-state index is -1.06. The van der Waals surface area contributed by atoms with Crippen LogP contribution in [0, 0.1) is 5.92 Å². The average molecular weight is 485 g/mol. The summed E-state index contributed by atoms with van der Waals surface area (Å²) in [5.41, 5.74) is 2.15. The maximum Gasteiger partial charge on any atom is 0.228 e. The van der Waals surface area contributed by atoms with Gasteiger partial charge in [-0.1, -0.05) is 17.7 Å². The van der Waals surface area contributed by atoms with Gasteiger partial charge in [0.2, 0.25) is 5.91 Å². The van der Waals surface area contributed by atoms with Crippen molar-refractivity contribution in [3.8, 4) is 0 Å². The molecule has 2 aliphatic rings. The number of benzene rings is 1. The van der Waals surface area contributed by atoms with E-state index in [0.717, 1.165) is 31.6 Å². The van der Waals surface area contributed by atoms with E-state index in [1.165, 1.54) is 0 Å². The molecule has 2 unspecified atom stereocenters. The summed E-state index contributed by atoms with van der Waals surface area (Å²) in [5.74, 6) is 0.782. The van der Waals surface area contributed by atoms with Crippen LogP contribution in [0.25, 0.3) is 11.7 Å². The number of piperidine rings is 1. The molecule has 0 bridgehead atoms. The maximum atomic E-state index is 13.0. The molecule has 11 nitrogen and oxygen atoms in total. The maximum absolute atomic E-state index is 13.0. The molecule has 2 saturated heterocycles. The first-order valence-corrected chi connectivity index (χ1v) is 11.4. The Kier molecular flexibility index (Phi) is 6.35. The zero-order valence-corrected chi connectivity index (χ0v) is 18.9. The van der Waals surface area contributed by atoms with E-state index in [4.69, 9.17) is 11.6 Å². The molecule has 0 saturated carbocycles. The summed E-state index contributed by atoms with van der Waals surface area (Å²) >= 11 is 6.12. The second-order valence-electron chi connectivity index (χ2n) is 8.23. The van der Waals surface area contributed by atoms with Crippen molar-refractivity contribution in [3.63, 3.8) is 0 Å². The predicted octanol–water partition coefficient (Wildman–Crippen LogP) is 1.19. The van der Waals surface area contributed by atoms with E-state index < -0.39 is 12.6 Å². The van der Waals surface area contributed by atoms with E-state index in [9.17, 15) is 15.0 Å². The van der Waals surface area contributed by atoms with E-state index in [0.29, 0.717) is 33.6 Å². The molecule has 5 rings (SSSR count). The first-order chi connectivity index (χ1) is 16.5. The van der Waals surface area contributed by atoms with Crippen molar-refractivity contribution in [1.82, 2.24) is 30.5 Å². The van der Waals surface area contributed by atoms with Crippen LogP contribution in [0.4, 0.5) is 17.3 Å². The lowest BCUT2D eigenvalue weighted by molar-refractivity contribution is -0.120. The topological polar surface area (TPSA) is 148 Å². The highest BCUT2D eigenvalue weighted by atomic mass is 35.5. The summed E-state index contributed by atoms with van der Waals surface area (Å²) in [6.45, 7) is 1.61. The van der Waals surface area contributed by atoms with Crippen LogP contribution in [0.15, 0.2) is 42.2 Å². The van der Waals surface area contributed by atoms with Crippen LogP contribution in [0.3, 0.4) is 0 Å². The summed E-state index contributed by atoms with van der Waals surface area (Å²) in [6, 6.07) is 8.94. The number of aliphatic hydroxyl groups excluding tert-OH is 2. The SMILES string of the molecule is O=C(Nc1cc(Nc2cccc(Cl)c2)nc2c(/C=C3\NC(O)NC3O)cnn12)C1CCNCC1. The normalized spacial score (nSPS) is 22.1. The van der Waals surface area contributed by atoms with Gasteiger partial charge in [-0.2, -0.15) is 9.61 Å². The summed E-state index contributed by atoms with van der Waals surface area (Å²) in [6.07, 6.45) is 2.64. The molecule has 2 aliphatic heterocycles. The number of hydrogen-bond acceptors (Lipinski definition) is 9. The number of fused-ring (bicyclic) bond motifs is 1. The molecule has 0 spiro atoms. The Morgan fingerprint density at radius 3 is 2.79 bits per heavy atom. The number of hydrogen-bond donors (Lipinski definition) is 7. The molecule has 0 radical (unpaired) electrons. The number of nitrogens with zero attached hydrogens (tertiary/aromatic N) is 3. The quantitative estimate of drug-likeness (QED) is 0.283. The van der Waals surface area contributed by atoms with Crippen molar-refractivity contribution in [2.24, 2.45) is 5.92 Å². The molecular formula is C22H25ClN8O3. The zero-order valence-electron chi connectivity index (χ0n) is 18.1. The lowest BCUT2D eigenvalue weighted by atomic mass is 9.97. The van der Waals surface area contributed by atoms with Gasteiger partial charge in [0.05, 0.1) is 11.9 Å². The Hall–Kier alpha value is -3.22. The van der Waals surface area contributed by atoms with Crippen molar-refractivity contribution >= 4 is 46.6 Å². The van der Waals surface area contributed by atoms with Crippen LogP contribution >= 0.6 is 11.6 Å². The average Bonchev–Trinajstić information content (AvgIpc) is 3.36. The fourth-order valence-corrected chi connectivity index (χ4v) is 4.26. The second-order valence-corrected chi connectivity index (χ2v) is 8.66. The molecule has 2 aromatic heterocycles. The van der Waals surface area contributed by atoms with Crippen LogP contribution in [-0.4, -0.2) is 56.4 Å². The lowest BCUT2D eigenvalue weighted by Crippen LogP contribution is -2.35. The smallest absolute Gasteiger partial charge is 0.228 e. The Morgan fingerprint density at radius 1 is 1.24 bits per heavy atom. The number of anilines is 3. The molecule has 2 fully saturated rings. The third-order valence-electron chi connectivity index (χ3n) is 5.78. The van der Waals surface area contributed by atoms with Crippen LogP contribution in [0.5, 0.6) is 0 Å². The predicted molar refractivity (Wildman–Crippen MR) is 128 cm³/mol. The molecule has 3 aromatic rings. The Balaban J connectivity index is 1.53. The van der Waals surface area contributed by atoms with Crippen LogP contribution in [0.2, 0.25) is 5.02 Å². The molecule has 2 atom stereocenters. The van der Waals surface area contributed by atoms with Gasteiger partial charge in [0.1, 0.15) is 17.9 Å². The molecule has 178 valence electrons. The van der Waals surface area contributed by atoms with Crippen LogP contribution < -0.4 is 26.6 Å². The fourth-order valence-electron chi connectivity index (χ4n) is 4.07. The van der Waals surface area contributed by atoms with Crippen molar-refractivity contribution in [1.29, 1.82) is 0 Å².